The highest BCUT2D eigenvalue weighted by Crippen LogP contribution is 2.23. The number of hydrogen-bond acceptors (Lipinski definition) is 5. The molecule has 1 fully saturated rings. The lowest BCUT2D eigenvalue weighted by Gasteiger charge is -2.32. The van der Waals surface area contributed by atoms with Crippen LogP contribution in [0.5, 0.6) is 5.75 Å². The average Bonchev–Trinajstić information content (AvgIpc) is 2.90. The van der Waals surface area contributed by atoms with E-state index in [1.807, 2.05) is 42.5 Å². The first kappa shape index (κ1) is 24.2. The van der Waals surface area contributed by atoms with E-state index in [-0.39, 0.29) is 12.5 Å². The van der Waals surface area contributed by atoms with Gasteiger partial charge in [0, 0.05) is 12.1 Å². The summed E-state index contributed by atoms with van der Waals surface area (Å²) in [6, 6.07) is 27.6. The summed E-state index contributed by atoms with van der Waals surface area (Å²) in [4.78, 5) is 14.9. The van der Waals surface area contributed by atoms with Crippen molar-refractivity contribution in [2.24, 2.45) is 11.0 Å². The van der Waals surface area contributed by atoms with E-state index in [4.69, 9.17) is 10.00 Å². The fourth-order valence-corrected chi connectivity index (χ4v) is 4.31. The molecule has 1 heterocycles. The molecule has 0 aromatic heterocycles. The highest BCUT2D eigenvalue weighted by atomic mass is 16.5. The summed E-state index contributed by atoms with van der Waals surface area (Å²) >= 11 is 0. The molecule has 1 N–H and O–H groups in total. The fourth-order valence-electron chi connectivity index (χ4n) is 4.31. The Kier molecular flexibility index (Phi) is 8.63. The Morgan fingerprint density at radius 2 is 1.71 bits per heavy atom. The van der Waals surface area contributed by atoms with E-state index in [2.05, 4.69) is 45.8 Å². The maximum atomic E-state index is 12.4. The molecule has 0 atom stereocenters. The van der Waals surface area contributed by atoms with Crippen LogP contribution in [0.25, 0.3) is 0 Å². The molecule has 4 rings (SSSR count). The molecule has 0 unspecified atom stereocenters. The maximum absolute atomic E-state index is 12.4. The number of ether oxygens (including phenoxy) is 1. The van der Waals surface area contributed by atoms with Crippen molar-refractivity contribution in [2.45, 2.75) is 25.8 Å². The van der Waals surface area contributed by atoms with Gasteiger partial charge in [-0.05, 0) is 91.4 Å². The van der Waals surface area contributed by atoms with Gasteiger partial charge < -0.3 is 4.74 Å². The summed E-state index contributed by atoms with van der Waals surface area (Å²) < 4.78 is 5.22. The third-order valence-corrected chi connectivity index (χ3v) is 6.26. The minimum absolute atomic E-state index is 0.00946. The highest BCUT2D eigenvalue weighted by Gasteiger charge is 2.19. The Morgan fingerprint density at radius 3 is 2.40 bits per heavy atom. The number of benzene rings is 3. The zero-order valence-corrected chi connectivity index (χ0v) is 19.8. The molecule has 0 saturated carbocycles. The number of hydrogen-bond donors (Lipinski definition) is 1. The van der Waals surface area contributed by atoms with Crippen molar-refractivity contribution in [3.63, 3.8) is 0 Å². The minimum atomic E-state index is -0.247. The number of likely N-dealkylation sites (tertiary alicyclic amines) is 1. The number of carbonyl (C=O) groups excluding carboxylic acids is 1. The molecule has 0 radical (unpaired) electrons. The predicted molar refractivity (Wildman–Crippen MR) is 137 cm³/mol. The Bertz CT molecular complexity index is 1140. The van der Waals surface area contributed by atoms with Crippen LogP contribution < -0.4 is 10.2 Å². The Morgan fingerprint density at radius 1 is 1.00 bits per heavy atom. The first-order chi connectivity index (χ1) is 17.2. The fraction of sp³-hybridized carbons (Fsp3) is 0.276. The van der Waals surface area contributed by atoms with Gasteiger partial charge in [-0.25, -0.2) is 5.43 Å². The smallest absolute Gasteiger partial charge is 0.271 e. The van der Waals surface area contributed by atoms with E-state index in [0.29, 0.717) is 11.3 Å². The molecule has 3 aromatic rings. The van der Waals surface area contributed by atoms with Gasteiger partial charge in [-0.3, -0.25) is 9.69 Å². The standard InChI is InChI=1S/C29H30N4O2/c30-16-19-35-28-12-8-25(9-13-28)21-31-32-29(34)27-10-6-26(7-11-27)22-33-17-14-24(15-18-33)20-23-4-2-1-3-5-23/h1-13,21,24H,14-15,17-20,22H2,(H,32,34)/b31-21-. The highest BCUT2D eigenvalue weighted by molar-refractivity contribution is 5.94. The van der Waals surface area contributed by atoms with Gasteiger partial charge in [0.25, 0.3) is 5.91 Å². The normalized spacial score (nSPS) is 14.5. The number of nitrogens with zero attached hydrogens (tertiary/aromatic N) is 3. The molecule has 3 aromatic carbocycles. The predicted octanol–water partition coefficient (Wildman–Crippen LogP) is 4.81. The molecule has 6 heteroatoms. The second-order valence-electron chi connectivity index (χ2n) is 8.82. The lowest BCUT2D eigenvalue weighted by Crippen LogP contribution is -2.33. The van der Waals surface area contributed by atoms with Gasteiger partial charge in [0.15, 0.2) is 6.61 Å². The molecule has 6 nitrogen and oxygen atoms in total. The number of piperidine rings is 1. The molecule has 0 spiro atoms. The topological polar surface area (TPSA) is 77.7 Å². The van der Waals surface area contributed by atoms with E-state index >= 15 is 0 Å². The quantitative estimate of drug-likeness (QED) is 0.363. The van der Waals surface area contributed by atoms with Gasteiger partial charge in [0.1, 0.15) is 11.8 Å². The van der Waals surface area contributed by atoms with Crippen molar-refractivity contribution in [3.05, 3.63) is 101 Å². The summed E-state index contributed by atoms with van der Waals surface area (Å²) in [6.07, 6.45) is 5.19. The lowest BCUT2D eigenvalue weighted by atomic mass is 9.90. The number of rotatable bonds is 9. The van der Waals surface area contributed by atoms with Crippen LogP contribution in [-0.4, -0.2) is 36.7 Å². The third kappa shape index (κ3) is 7.53. The molecular weight excluding hydrogens is 436 g/mol. The Hall–Kier alpha value is -3.95. The second-order valence-corrected chi connectivity index (χ2v) is 8.82. The number of carbonyl (C=O) groups is 1. The number of nitrogens with one attached hydrogen (secondary N) is 1. The molecule has 1 saturated heterocycles. The number of nitriles is 1. The van der Waals surface area contributed by atoms with Crippen molar-refractivity contribution in [1.82, 2.24) is 10.3 Å². The summed E-state index contributed by atoms with van der Waals surface area (Å²) in [5, 5.41) is 12.6. The molecule has 1 aliphatic rings. The van der Waals surface area contributed by atoms with Crippen LogP contribution in [0.3, 0.4) is 0 Å². The zero-order chi connectivity index (χ0) is 24.3. The maximum Gasteiger partial charge on any atom is 0.271 e. The van der Waals surface area contributed by atoms with Crippen LogP contribution >= 0.6 is 0 Å². The van der Waals surface area contributed by atoms with Gasteiger partial charge in [0.2, 0.25) is 0 Å². The van der Waals surface area contributed by atoms with Crippen molar-refractivity contribution >= 4 is 12.1 Å². The first-order valence-electron chi connectivity index (χ1n) is 12.0. The zero-order valence-electron chi connectivity index (χ0n) is 19.8. The molecular formula is C29H30N4O2. The van der Waals surface area contributed by atoms with Gasteiger partial charge in [-0.1, -0.05) is 42.5 Å². The molecule has 178 valence electrons. The summed E-state index contributed by atoms with van der Waals surface area (Å²) in [5.41, 5.74) is 6.61. The van der Waals surface area contributed by atoms with Gasteiger partial charge in [0.05, 0.1) is 6.21 Å². The van der Waals surface area contributed by atoms with Crippen LogP contribution in [0.15, 0.2) is 84.0 Å². The van der Waals surface area contributed by atoms with E-state index in [1.165, 1.54) is 30.4 Å². The largest absolute Gasteiger partial charge is 0.479 e. The van der Waals surface area contributed by atoms with Gasteiger partial charge >= 0.3 is 0 Å². The summed E-state index contributed by atoms with van der Waals surface area (Å²) in [7, 11) is 0. The molecule has 0 bridgehead atoms. The van der Waals surface area contributed by atoms with Crippen LogP contribution in [-0.2, 0) is 13.0 Å². The number of hydrazone groups is 1. The van der Waals surface area contributed by atoms with Crippen molar-refractivity contribution in [2.75, 3.05) is 19.7 Å². The van der Waals surface area contributed by atoms with Crippen LogP contribution in [0.1, 0.15) is 39.9 Å². The van der Waals surface area contributed by atoms with Crippen LogP contribution in [0.2, 0.25) is 0 Å². The van der Waals surface area contributed by atoms with Crippen LogP contribution in [0.4, 0.5) is 0 Å². The van der Waals surface area contributed by atoms with E-state index < -0.39 is 0 Å². The number of amides is 1. The van der Waals surface area contributed by atoms with Gasteiger partial charge in [-0.2, -0.15) is 10.4 Å². The summed E-state index contributed by atoms with van der Waals surface area (Å²) in [5.74, 6) is 1.13. The van der Waals surface area contributed by atoms with Crippen molar-refractivity contribution in [3.8, 4) is 11.8 Å². The van der Waals surface area contributed by atoms with Gasteiger partial charge in [-0.15, -0.1) is 0 Å². The SMILES string of the molecule is N#CCOc1ccc(/C=N\NC(=O)c2ccc(CN3CCC(Cc4ccccc4)CC3)cc2)cc1. The van der Waals surface area contributed by atoms with Crippen LogP contribution in [0, 0.1) is 17.2 Å². The monoisotopic (exact) mass is 466 g/mol. The lowest BCUT2D eigenvalue weighted by molar-refractivity contribution is 0.0955. The molecule has 1 aliphatic heterocycles. The minimum Gasteiger partial charge on any atom is -0.479 e. The molecule has 35 heavy (non-hydrogen) atoms. The van der Waals surface area contributed by atoms with Crippen molar-refractivity contribution in [1.29, 1.82) is 5.26 Å². The average molecular weight is 467 g/mol. The van der Waals surface area contributed by atoms with E-state index in [9.17, 15) is 4.79 Å². The molecule has 1 amide bonds. The second kappa shape index (κ2) is 12.5. The molecule has 0 aliphatic carbocycles. The third-order valence-electron chi connectivity index (χ3n) is 6.26. The van der Waals surface area contributed by atoms with E-state index in [0.717, 1.165) is 31.1 Å². The Labute approximate surface area is 206 Å². The Balaban J connectivity index is 1.20. The summed E-state index contributed by atoms with van der Waals surface area (Å²) in [6.45, 7) is 3.14. The van der Waals surface area contributed by atoms with E-state index in [1.54, 1.807) is 18.3 Å². The first-order valence-corrected chi connectivity index (χ1v) is 12.0. The van der Waals surface area contributed by atoms with Crippen molar-refractivity contribution < 1.29 is 9.53 Å².